The molecule has 0 spiro atoms. The van der Waals surface area contributed by atoms with E-state index in [1.165, 1.54) is 12.3 Å². The Bertz CT molecular complexity index is 868. The Kier molecular flexibility index (Phi) is 3.25. The summed E-state index contributed by atoms with van der Waals surface area (Å²) in [4.78, 5) is 4.20. The number of fused-ring (bicyclic) bond motifs is 1. The Morgan fingerprint density at radius 1 is 1.19 bits per heavy atom. The largest absolute Gasteiger partial charge is 0.452 e. The summed E-state index contributed by atoms with van der Waals surface area (Å²) >= 11 is 0. The van der Waals surface area contributed by atoms with E-state index < -0.39 is 5.82 Å². The van der Waals surface area contributed by atoms with Gasteiger partial charge in [-0.1, -0.05) is 18.2 Å². The molecule has 0 atom stereocenters. The van der Waals surface area contributed by atoms with Crippen molar-refractivity contribution >= 4 is 10.9 Å². The number of hydrogen-bond donors (Lipinski definition) is 0. The molecule has 3 rings (SSSR count). The Morgan fingerprint density at radius 2 is 2.00 bits per heavy atom. The fraction of sp³-hybridized carbons (Fsp3) is 0.0588. The highest BCUT2D eigenvalue weighted by atomic mass is 19.1. The van der Waals surface area contributed by atoms with E-state index in [-0.39, 0.29) is 11.3 Å². The fourth-order valence-corrected chi connectivity index (χ4v) is 2.10. The molecule has 0 bridgehead atoms. The van der Waals surface area contributed by atoms with E-state index in [0.29, 0.717) is 16.7 Å². The van der Waals surface area contributed by atoms with Gasteiger partial charge in [-0.15, -0.1) is 0 Å². The van der Waals surface area contributed by atoms with Crippen LogP contribution in [0.15, 0.2) is 48.7 Å². The number of hydrogen-bond acceptors (Lipinski definition) is 3. The monoisotopic (exact) mass is 278 g/mol. The molecule has 0 saturated heterocycles. The molecule has 1 heterocycles. The number of halogens is 1. The first-order valence-electron chi connectivity index (χ1n) is 6.41. The predicted molar refractivity (Wildman–Crippen MR) is 77.7 cm³/mol. The molecule has 2 aromatic carbocycles. The molecule has 0 amide bonds. The van der Waals surface area contributed by atoms with Gasteiger partial charge in [-0.05, 0) is 36.8 Å². The highest BCUT2D eigenvalue weighted by molar-refractivity contribution is 5.87. The minimum Gasteiger partial charge on any atom is -0.452 e. The number of aromatic nitrogens is 1. The summed E-state index contributed by atoms with van der Waals surface area (Å²) in [5.74, 6) is -0.0409. The molecule has 0 N–H and O–H groups in total. The average molecular weight is 278 g/mol. The molecule has 1 aromatic heterocycles. The van der Waals surface area contributed by atoms with Crippen molar-refractivity contribution in [2.75, 3.05) is 0 Å². The molecule has 3 nitrogen and oxygen atoms in total. The summed E-state index contributed by atoms with van der Waals surface area (Å²) in [6.45, 7) is 1.85. The summed E-state index contributed by atoms with van der Waals surface area (Å²) in [6.07, 6.45) is 1.44. The lowest BCUT2D eigenvalue weighted by atomic mass is 10.1. The zero-order chi connectivity index (χ0) is 14.8. The normalized spacial score (nSPS) is 10.3. The lowest BCUT2D eigenvalue weighted by molar-refractivity contribution is 0.444. The van der Waals surface area contributed by atoms with Crippen molar-refractivity contribution in [2.45, 2.75) is 6.92 Å². The molecule has 4 heteroatoms. The minimum atomic E-state index is -0.467. The summed E-state index contributed by atoms with van der Waals surface area (Å²) in [5.41, 5.74) is 1.84. The van der Waals surface area contributed by atoms with Crippen LogP contribution in [0, 0.1) is 24.1 Å². The third-order valence-corrected chi connectivity index (χ3v) is 3.15. The number of nitrogens with zero attached hydrogens (tertiary/aromatic N) is 2. The second-order valence-corrected chi connectivity index (χ2v) is 4.67. The standard InChI is InChI=1S/C17H11FN2O/c1-11-6-7-14(18)16(8-11)21-17-12(9-19)10-20-15-5-3-2-4-13(15)17/h2-8,10H,1H3. The maximum atomic E-state index is 13.9. The van der Waals surface area contributed by atoms with Crippen molar-refractivity contribution in [1.29, 1.82) is 5.26 Å². The third-order valence-electron chi connectivity index (χ3n) is 3.15. The number of rotatable bonds is 2. The second kappa shape index (κ2) is 5.22. The van der Waals surface area contributed by atoms with Gasteiger partial charge in [0.15, 0.2) is 17.3 Å². The zero-order valence-corrected chi connectivity index (χ0v) is 11.3. The van der Waals surface area contributed by atoms with E-state index in [9.17, 15) is 9.65 Å². The molecular formula is C17H11FN2O. The summed E-state index contributed by atoms with van der Waals surface area (Å²) in [7, 11) is 0. The minimum absolute atomic E-state index is 0.0999. The van der Waals surface area contributed by atoms with Gasteiger partial charge < -0.3 is 4.74 Å². The van der Waals surface area contributed by atoms with Crippen LogP contribution in [0.4, 0.5) is 4.39 Å². The summed E-state index contributed by atoms with van der Waals surface area (Å²) in [6, 6.07) is 13.9. The van der Waals surface area contributed by atoms with Crippen LogP contribution >= 0.6 is 0 Å². The van der Waals surface area contributed by atoms with E-state index in [2.05, 4.69) is 4.98 Å². The van der Waals surface area contributed by atoms with E-state index in [4.69, 9.17) is 4.74 Å². The first-order chi connectivity index (χ1) is 10.2. The highest BCUT2D eigenvalue weighted by Crippen LogP contribution is 2.33. The van der Waals surface area contributed by atoms with Crippen molar-refractivity contribution in [3.05, 3.63) is 65.6 Å². The van der Waals surface area contributed by atoms with Crippen LogP contribution in [0.25, 0.3) is 10.9 Å². The van der Waals surface area contributed by atoms with Gasteiger partial charge in [0.05, 0.1) is 5.52 Å². The van der Waals surface area contributed by atoms with E-state index >= 15 is 0 Å². The van der Waals surface area contributed by atoms with Crippen LogP contribution in [0.1, 0.15) is 11.1 Å². The fourth-order valence-electron chi connectivity index (χ4n) is 2.10. The zero-order valence-electron chi connectivity index (χ0n) is 11.3. The van der Waals surface area contributed by atoms with Crippen LogP contribution in [-0.2, 0) is 0 Å². The molecule has 0 unspecified atom stereocenters. The average Bonchev–Trinajstić information content (AvgIpc) is 2.51. The van der Waals surface area contributed by atoms with Crippen molar-refractivity contribution < 1.29 is 9.13 Å². The first kappa shape index (κ1) is 13.1. The molecule has 0 aliphatic carbocycles. The summed E-state index contributed by atoms with van der Waals surface area (Å²) in [5, 5.41) is 9.89. The van der Waals surface area contributed by atoms with Gasteiger partial charge in [0.2, 0.25) is 0 Å². The lowest BCUT2D eigenvalue weighted by Crippen LogP contribution is -1.94. The van der Waals surface area contributed by atoms with Crippen molar-refractivity contribution in [3.8, 4) is 17.6 Å². The van der Waals surface area contributed by atoms with Crippen LogP contribution < -0.4 is 4.74 Å². The van der Waals surface area contributed by atoms with Crippen LogP contribution in [0.3, 0.4) is 0 Å². The molecule has 0 saturated carbocycles. The number of nitriles is 1. The number of benzene rings is 2. The highest BCUT2D eigenvalue weighted by Gasteiger charge is 2.13. The van der Waals surface area contributed by atoms with Gasteiger partial charge in [-0.25, -0.2) is 4.39 Å². The molecule has 0 aliphatic rings. The maximum absolute atomic E-state index is 13.9. The molecule has 21 heavy (non-hydrogen) atoms. The Morgan fingerprint density at radius 3 is 2.81 bits per heavy atom. The summed E-state index contributed by atoms with van der Waals surface area (Å²) < 4.78 is 19.6. The smallest absolute Gasteiger partial charge is 0.165 e. The SMILES string of the molecule is Cc1ccc(F)c(Oc2c(C#N)cnc3ccccc23)c1. The van der Waals surface area contributed by atoms with E-state index in [0.717, 1.165) is 5.56 Å². The number of pyridine rings is 1. The van der Waals surface area contributed by atoms with Gasteiger partial charge in [0, 0.05) is 11.6 Å². The lowest BCUT2D eigenvalue weighted by Gasteiger charge is -2.11. The Balaban J connectivity index is 2.19. The van der Waals surface area contributed by atoms with Gasteiger partial charge in [-0.2, -0.15) is 5.26 Å². The third kappa shape index (κ3) is 2.41. The van der Waals surface area contributed by atoms with Crippen LogP contribution in [0.5, 0.6) is 11.5 Å². The van der Waals surface area contributed by atoms with Gasteiger partial charge in [0.1, 0.15) is 11.6 Å². The van der Waals surface area contributed by atoms with Crippen molar-refractivity contribution in [2.24, 2.45) is 0 Å². The van der Waals surface area contributed by atoms with Gasteiger partial charge in [-0.3, -0.25) is 4.98 Å². The number of para-hydroxylation sites is 1. The Hall–Kier alpha value is -2.93. The molecular weight excluding hydrogens is 267 g/mol. The van der Waals surface area contributed by atoms with Gasteiger partial charge >= 0.3 is 0 Å². The molecule has 0 radical (unpaired) electrons. The quantitative estimate of drug-likeness (QED) is 0.700. The molecule has 0 aliphatic heterocycles. The van der Waals surface area contributed by atoms with Crippen LogP contribution in [-0.4, -0.2) is 4.98 Å². The first-order valence-corrected chi connectivity index (χ1v) is 6.41. The molecule has 102 valence electrons. The topological polar surface area (TPSA) is 45.9 Å². The molecule has 3 aromatic rings. The second-order valence-electron chi connectivity index (χ2n) is 4.67. The molecule has 0 fully saturated rings. The number of aryl methyl sites for hydroxylation is 1. The maximum Gasteiger partial charge on any atom is 0.165 e. The predicted octanol–water partition coefficient (Wildman–Crippen LogP) is 4.35. The van der Waals surface area contributed by atoms with E-state index in [1.54, 1.807) is 18.2 Å². The van der Waals surface area contributed by atoms with Crippen LogP contribution in [0.2, 0.25) is 0 Å². The number of ether oxygens (including phenoxy) is 1. The van der Waals surface area contributed by atoms with E-state index in [1.807, 2.05) is 31.2 Å². The van der Waals surface area contributed by atoms with Crippen molar-refractivity contribution in [1.82, 2.24) is 4.98 Å². The van der Waals surface area contributed by atoms with Crippen molar-refractivity contribution in [3.63, 3.8) is 0 Å². The van der Waals surface area contributed by atoms with Gasteiger partial charge in [0.25, 0.3) is 0 Å². The Labute approximate surface area is 121 Å².